The third-order valence-electron chi connectivity index (χ3n) is 6.45. The van der Waals surface area contributed by atoms with Crippen LogP contribution in [0.5, 0.6) is 5.75 Å². The molecule has 4 atom stereocenters. The van der Waals surface area contributed by atoms with Gasteiger partial charge in [0.15, 0.2) is 10.8 Å². The summed E-state index contributed by atoms with van der Waals surface area (Å²) >= 11 is -1.49. The van der Waals surface area contributed by atoms with Crippen molar-refractivity contribution in [2.45, 2.75) is 89.0 Å². The molecule has 8 heteroatoms. The van der Waals surface area contributed by atoms with Crippen LogP contribution in [0.2, 0.25) is 0 Å². The molecule has 0 saturated carbocycles. The number of β-lactam (4-membered cyclic amide) rings is 1. The fourth-order valence-electron chi connectivity index (χ4n) is 4.55. The molecule has 32 heavy (non-hydrogen) atoms. The summed E-state index contributed by atoms with van der Waals surface area (Å²) < 4.78 is 17.6. The fraction of sp³-hybridized carbons (Fsp3) is 0.667. The largest absolute Gasteiger partial charge is 0.614 e. The smallest absolute Gasteiger partial charge is 0.334 e. The molecule has 2 heterocycles. The third kappa shape index (κ3) is 3.90. The molecule has 0 aliphatic carbocycles. The van der Waals surface area contributed by atoms with Gasteiger partial charge < -0.3 is 19.5 Å². The predicted octanol–water partition coefficient (Wildman–Crippen LogP) is 2.72. The van der Waals surface area contributed by atoms with Crippen molar-refractivity contribution >= 4 is 23.1 Å². The van der Waals surface area contributed by atoms with Crippen molar-refractivity contribution in [2.24, 2.45) is 5.92 Å². The summed E-state index contributed by atoms with van der Waals surface area (Å²) in [6.45, 7) is 15.0. The first-order valence-electron chi connectivity index (χ1n) is 10.9. The zero-order chi connectivity index (χ0) is 24.4. The van der Waals surface area contributed by atoms with Gasteiger partial charge in [0.25, 0.3) is 0 Å². The molecule has 2 aliphatic heterocycles. The summed E-state index contributed by atoms with van der Waals surface area (Å²) in [5.74, 6) is -1.46. The number of aliphatic hydroxyl groups excluding tert-OH is 1. The number of ether oxygens (including phenoxy) is 1. The van der Waals surface area contributed by atoms with Crippen LogP contribution in [0.25, 0.3) is 0 Å². The van der Waals surface area contributed by atoms with Gasteiger partial charge >= 0.3 is 5.97 Å². The molecule has 1 amide bonds. The van der Waals surface area contributed by atoms with Gasteiger partial charge in [-0.3, -0.25) is 9.69 Å². The SMILES string of the molecule is CC(C)(C)c1cc(COC(=O)[C@@H]2N3C(=O)[C@@H](CO)[C@H]3[S+]([O-])C2(C)C)cc(C(C)(C)C)c1O. The Morgan fingerprint density at radius 1 is 1.16 bits per heavy atom. The number of carbonyl (C=O) groups excluding carboxylic acids is 2. The van der Waals surface area contributed by atoms with Crippen LogP contribution in [-0.2, 0) is 42.9 Å². The molecule has 0 aromatic heterocycles. The first-order chi connectivity index (χ1) is 14.5. The fourth-order valence-corrected chi connectivity index (χ4v) is 6.54. The zero-order valence-electron chi connectivity index (χ0n) is 20.2. The van der Waals surface area contributed by atoms with Gasteiger partial charge in [0.2, 0.25) is 11.3 Å². The molecule has 0 radical (unpaired) electrons. The highest BCUT2D eigenvalue weighted by molar-refractivity contribution is 7.93. The monoisotopic (exact) mass is 465 g/mol. The molecule has 3 rings (SSSR count). The second-order valence-corrected chi connectivity index (χ2v) is 13.5. The Labute approximate surface area is 193 Å². The van der Waals surface area contributed by atoms with E-state index in [2.05, 4.69) is 0 Å². The summed E-state index contributed by atoms with van der Waals surface area (Å²) in [4.78, 5) is 26.8. The van der Waals surface area contributed by atoms with Crippen LogP contribution >= 0.6 is 0 Å². The van der Waals surface area contributed by atoms with E-state index in [0.29, 0.717) is 0 Å². The van der Waals surface area contributed by atoms with E-state index in [-0.39, 0.29) is 35.7 Å². The number of hydrogen-bond acceptors (Lipinski definition) is 6. The van der Waals surface area contributed by atoms with E-state index in [1.165, 1.54) is 4.90 Å². The number of hydrogen-bond donors (Lipinski definition) is 2. The van der Waals surface area contributed by atoms with Gasteiger partial charge in [-0.15, -0.1) is 0 Å². The van der Waals surface area contributed by atoms with E-state index in [1.54, 1.807) is 13.8 Å². The van der Waals surface area contributed by atoms with Gasteiger partial charge in [0, 0.05) is 0 Å². The molecule has 1 unspecified atom stereocenters. The van der Waals surface area contributed by atoms with Crippen molar-refractivity contribution in [1.82, 2.24) is 4.90 Å². The second-order valence-electron chi connectivity index (χ2n) is 11.4. The maximum Gasteiger partial charge on any atom is 0.334 e. The van der Waals surface area contributed by atoms with E-state index in [9.17, 15) is 24.4 Å². The molecule has 1 aromatic rings. The highest BCUT2D eigenvalue weighted by Crippen LogP contribution is 2.49. The van der Waals surface area contributed by atoms with E-state index in [0.717, 1.165) is 16.7 Å². The van der Waals surface area contributed by atoms with Crippen molar-refractivity contribution in [2.75, 3.05) is 6.61 Å². The van der Waals surface area contributed by atoms with Gasteiger partial charge in [0.1, 0.15) is 18.3 Å². The quantitative estimate of drug-likeness (QED) is 0.402. The van der Waals surface area contributed by atoms with Gasteiger partial charge in [-0.1, -0.05) is 41.5 Å². The topological polar surface area (TPSA) is 110 Å². The number of esters is 1. The summed E-state index contributed by atoms with van der Waals surface area (Å²) in [7, 11) is 0. The molecule has 178 valence electrons. The van der Waals surface area contributed by atoms with Gasteiger partial charge in [-0.2, -0.15) is 0 Å². The Balaban J connectivity index is 1.87. The molecule has 2 N–H and O–H groups in total. The molecule has 7 nitrogen and oxygen atoms in total. The highest BCUT2D eigenvalue weighted by Gasteiger charge is 2.72. The standard InChI is InChI=1S/C24H35NO6S/c1-22(2,3)15-9-13(10-16(17(15)27)23(4,5)6)12-31-21(29)18-24(7,8)32(30)20-14(11-26)19(28)25(18)20/h9-10,14,18,20,26-27H,11-12H2,1-8H3/t14-,18+,20-,32?/m1/s1. The number of phenolic OH excluding ortho intramolecular Hbond substituents is 1. The van der Waals surface area contributed by atoms with Crippen LogP contribution in [0, 0.1) is 5.92 Å². The van der Waals surface area contributed by atoms with Crippen molar-refractivity contribution in [3.8, 4) is 5.75 Å². The average molecular weight is 466 g/mol. The lowest BCUT2D eigenvalue weighted by Crippen LogP contribution is -2.64. The maximum atomic E-state index is 13.1. The molecule has 0 bridgehead atoms. The minimum Gasteiger partial charge on any atom is -0.614 e. The molecule has 2 fully saturated rings. The van der Waals surface area contributed by atoms with E-state index in [4.69, 9.17) is 4.74 Å². The second kappa shape index (κ2) is 7.92. The molecule has 1 aromatic carbocycles. The minimum atomic E-state index is -1.49. The minimum absolute atomic E-state index is 0.0272. The summed E-state index contributed by atoms with van der Waals surface area (Å²) in [5, 5.41) is 19.7. The zero-order valence-corrected chi connectivity index (χ0v) is 21.0. The summed E-state index contributed by atoms with van der Waals surface area (Å²) in [6, 6.07) is 2.72. The Morgan fingerprint density at radius 2 is 1.66 bits per heavy atom. The average Bonchev–Trinajstić information content (AvgIpc) is 2.83. The van der Waals surface area contributed by atoms with Crippen LogP contribution in [0.1, 0.15) is 72.1 Å². The lowest BCUT2D eigenvalue weighted by atomic mass is 9.78. The van der Waals surface area contributed by atoms with Gasteiger partial charge in [-0.25, -0.2) is 4.79 Å². The third-order valence-corrected chi connectivity index (χ3v) is 8.71. The van der Waals surface area contributed by atoms with Gasteiger partial charge in [0.05, 0.1) is 6.61 Å². The Hall–Kier alpha value is -1.77. The van der Waals surface area contributed by atoms with E-state index >= 15 is 0 Å². The van der Waals surface area contributed by atoms with Crippen molar-refractivity contribution in [1.29, 1.82) is 0 Å². The molecule has 2 aliphatic rings. The number of aliphatic hydroxyl groups is 1. The normalized spacial score (nSPS) is 27.2. The van der Waals surface area contributed by atoms with Crippen LogP contribution in [0.4, 0.5) is 0 Å². The lowest BCUT2D eigenvalue weighted by molar-refractivity contribution is -0.168. The first kappa shape index (κ1) is 24.9. The highest BCUT2D eigenvalue weighted by atomic mass is 32.2. The van der Waals surface area contributed by atoms with E-state index < -0.39 is 39.2 Å². The number of fused-ring (bicyclic) bond motifs is 1. The van der Waals surface area contributed by atoms with Crippen molar-refractivity contribution < 1.29 is 29.1 Å². The number of rotatable bonds is 4. The lowest BCUT2D eigenvalue weighted by Gasteiger charge is -2.40. The predicted molar refractivity (Wildman–Crippen MR) is 123 cm³/mol. The Morgan fingerprint density at radius 3 is 2.09 bits per heavy atom. The van der Waals surface area contributed by atoms with Crippen LogP contribution in [0.3, 0.4) is 0 Å². The van der Waals surface area contributed by atoms with Gasteiger partial charge in [-0.05, 0) is 64.7 Å². The van der Waals surface area contributed by atoms with Crippen molar-refractivity contribution in [3.05, 3.63) is 28.8 Å². The summed E-state index contributed by atoms with van der Waals surface area (Å²) in [6.07, 6.45) is 0. The molecule has 0 spiro atoms. The first-order valence-corrected chi connectivity index (χ1v) is 12.1. The molecular formula is C24H35NO6S. The number of carbonyl (C=O) groups is 2. The van der Waals surface area contributed by atoms with Crippen LogP contribution < -0.4 is 0 Å². The van der Waals surface area contributed by atoms with Crippen molar-refractivity contribution in [3.63, 3.8) is 0 Å². The maximum absolute atomic E-state index is 13.1. The number of phenols is 1. The molecule has 2 saturated heterocycles. The number of benzene rings is 1. The number of nitrogens with zero attached hydrogens (tertiary/aromatic N) is 1. The van der Waals surface area contributed by atoms with Crippen LogP contribution in [-0.4, -0.2) is 54.3 Å². The number of aromatic hydroxyl groups is 1. The number of amides is 1. The Bertz CT molecular complexity index is 894. The van der Waals surface area contributed by atoms with E-state index in [1.807, 2.05) is 53.7 Å². The summed E-state index contributed by atoms with van der Waals surface area (Å²) in [5.41, 5.74) is 1.64. The molecular weight excluding hydrogens is 430 g/mol. The van der Waals surface area contributed by atoms with Crippen LogP contribution in [0.15, 0.2) is 12.1 Å². The Kier molecular flexibility index (Phi) is 6.15.